The summed E-state index contributed by atoms with van der Waals surface area (Å²) in [7, 11) is 2.09. The fraction of sp³-hybridized carbons (Fsp3) is 0.387. The molecule has 0 aliphatic carbocycles. The van der Waals surface area contributed by atoms with Crippen molar-refractivity contribution in [3.8, 4) is 0 Å². The standard InChI is InChI=1S/C22H22BN4S.C9H16O2.Ir/c1-22(2,3)12-14-9-10-15-18(11-14)28-20-19(15)24-13-25-21(20)23-26-16-7-5-6-8-17(16)27(23)4;1-6(2)8(10)5-9(11)7(3)4;/h5-11,13H,12H2,1-4H3;5-7,10H,1-4H3;/q-1;;/b;8-5-;. The topological polar surface area (TPSA) is 80.4 Å². The van der Waals surface area contributed by atoms with Crippen LogP contribution in [-0.4, -0.2) is 34.9 Å². The molecule has 0 atom stereocenters. The summed E-state index contributed by atoms with van der Waals surface area (Å²) in [6, 6.07) is 15.0. The maximum absolute atomic E-state index is 11.0. The molecule has 1 aliphatic rings. The molecule has 0 amide bonds. The SMILES string of the molecule is CC(C)C(=O)/C=C(\O)C(C)C.CN1B(c2ncnc3c2sc2cc(CC(C)(C)C)ccc23)[N-]c2ccccc21.[Ir]. The maximum Gasteiger partial charge on any atom is 0.208 e. The van der Waals surface area contributed by atoms with Gasteiger partial charge in [-0.1, -0.05) is 78.8 Å². The average Bonchev–Trinajstić information content (AvgIpc) is 3.40. The van der Waals surface area contributed by atoms with Crippen LogP contribution >= 0.6 is 11.3 Å². The summed E-state index contributed by atoms with van der Waals surface area (Å²) in [5.74, 6) is 0.161. The number of hydrogen-bond acceptors (Lipinski definition) is 6. The fourth-order valence-corrected chi connectivity index (χ4v) is 5.72. The Bertz CT molecular complexity index is 1530. The zero-order valence-corrected chi connectivity index (χ0v) is 27.7. The van der Waals surface area contributed by atoms with Gasteiger partial charge in [-0.2, -0.15) is 0 Å². The van der Waals surface area contributed by atoms with E-state index in [2.05, 4.69) is 79.0 Å². The number of rotatable bonds is 5. The fourth-order valence-electron chi connectivity index (χ4n) is 4.49. The van der Waals surface area contributed by atoms with Crippen molar-refractivity contribution < 1.29 is 30.0 Å². The van der Waals surface area contributed by atoms with E-state index in [0.29, 0.717) is 0 Å². The smallest absolute Gasteiger partial charge is 0.208 e. The minimum absolute atomic E-state index is 0. The summed E-state index contributed by atoms with van der Waals surface area (Å²) in [5, 5.41) is 15.3. The number of thiophene rings is 1. The first-order valence-corrected chi connectivity index (χ1v) is 14.3. The molecule has 1 radical (unpaired) electrons. The van der Waals surface area contributed by atoms with E-state index in [4.69, 9.17) is 5.23 Å². The number of aliphatic hydroxyl groups excluding tert-OH is 1. The summed E-state index contributed by atoms with van der Waals surface area (Å²) in [4.78, 5) is 22.5. The van der Waals surface area contributed by atoms with Gasteiger partial charge in [-0.05, 0) is 36.6 Å². The Morgan fingerprint density at radius 1 is 1.10 bits per heavy atom. The van der Waals surface area contributed by atoms with Gasteiger partial charge >= 0.3 is 0 Å². The van der Waals surface area contributed by atoms with E-state index in [1.165, 1.54) is 21.7 Å². The number of anilines is 1. The number of hydrogen-bond donors (Lipinski definition) is 1. The van der Waals surface area contributed by atoms with Crippen molar-refractivity contribution in [1.82, 2.24) is 9.97 Å². The van der Waals surface area contributed by atoms with E-state index in [0.717, 1.165) is 33.6 Å². The van der Waals surface area contributed by atoms with Crippen molar-refractivity contribution >= 4 is 61.4 Å². The zero-order valence-electron chi connectivity index (χ0n) is 24.5. The van der Waals surface area contributed by atoms with Crippen LogP contribution in [0.2, 0.25) is 0 Å². The third kappa shape index (κ3) is 7.12. The largest absolute Gasteiger partial charge is 0.682 e. The number of ketones is 1. The van der Waals surface area contributed by atoms with Gasteiger partial charge in [0, 0.05) is 59.4 Å². The number of benzene rings is 2. The number of para-hydroxylation sites is 1. The molecule has 0 saturated carbocycles. The van der Waals surface area contributed by atoms with E-state index in [1.807, 2.05) is 33.8 Å². The minimum atomic E-state index is -0.106. The summed E-state index contributed by atoms with van der Waals surface area (Å²) in [6.07, 6.45) is 4.06. The predicted octanol–water partition coefficient (Wildman–Crippen LogP) is 7.59. The first kappa shape index (κ1) is 31.8. The quantitative estimate of drug-likeness (QED) is 0.130. The first-order valence-electron chi connectivity index (χ1n) is 13.5. The van der Waals surface area contributed by atoms with Gasteiger partial charge in [-0.25, -0.2) is 9.97 Å². The molecule has 4 aromatic rings. The molecule has 0 fully saturated rings. The monoisotopic (exact) mass is 734 g/mol. The Morgan fingerprint density at radius 3 is 2.42 bits per heavy atom. The van der Waals surface area contributed by atoms with Gasteiger partial charge in [0.2, 0.25) is 6.98 Å². The Morgan fingerprint density at radius 2 is 1.80 bits per heavy atom. The van der Waals surface area contributed by atoms with Crippen LogP contribution in [0.15, 0.2) is 60.6 Å². The van der Waals surface area contributed by atoms with Gasteiger partial charge in [-0.3, -0.25) is 4.79 Å². The molecule has 0 saturated heterocycles. The van der Waals surface area contributed by atoms with Gasteiger partial charge in [-0.15, -0.1) is 17.0 Å². The van der Waals surface area contributed by atoms with Crippen molar-refractivity contribution in [2.75, 3.05) is 11.9 Å². The molecule has 1 N–H and O–H groups in total. The van der Waals surface area contributed by atoms with Crippen LogP contribution in [0.25, 0.3) is 25.5 Å². The molecular formula is C31H38BIrN4O2S-. The Labute approximate surface area is 255 Å². The van der Waals surface area contributed by atoms with Crippen LogP contribution in [0.3, 0.4) is 0 Å². The van der Waals surface area contributed by atoms with E-state index in [1.54, 1.807) is 17.7 Å². The van der Waals surface area contributed by atoms with Crippen molar-refractivity contribution in [3.63, 3.8) is 0 Å². The molecule has 9 heteroatoms. The Hall–Kier alpha value is -2.74. The van der Waals surface area contributed by atoms with E-state index >= 15 is 0 Å². The van der Waals surface area contributed by atoms with Gasteiger partial charge in [0.1, 0.15) is 6.33 Å². The van der Waals surface area contributed by atoms with Crippen LogP contribution in [0.5, 0.6) is 0 Å². The summed E-state index contributed by atoms with van der Waals surface area (Å²) < 4.78 is 2.41. The molecule has 2 aromatic carbocycles. The molecule has 213 valence electrons. The Balaban J connectivity index is 0.000000316. The normalized spacial score (nSPS) is 13.3. The summed E-state index contributed by atoms with van der Waals surface area (Å²) in [5.41, 5.74) is 5.83. The number of aromatic nitrogens is 2. The predicted molar refractivity (Wildman–Crippen MR) is 167 cm³/mol. The van der Waals surface area contributed by atoms with Gasteiger partial charge < -0.3 is 15.1 Å². The van der Waals surface area contributed by atoms with Crippen molar-refractivity contribution in [3.05, 3.63) is 71.4 Å². The molecule has 0 bridgehead atoms. The number of aliphatic hydroxyl groups is 1. The second-order valence-electron chi connectivity index (χ2n) is 12.0. The van der Waals surface area contributed by atoms with Crippen LogP contribution < -0.4 is 10.4 Å². The number of carbonyl (C=O) groups excluding carboxylic acids is 1. The van der Waals surface area contributed by atoms with Crippen LogP contribution in [0.4, 0.5) is 11.4 Å². The minimum Gasteiger partial charge on any atom is -0.682 e. The third-order valence-electron chi connectivity index (χ3n) is 6.66. The second kappa shape index (κ2) is 12.8. The maximum atomic E-state index is 11.0. The van der Waals surface area contributed by atoms with Gasteiger partial charge in [0.05, 0.1) is 16.0 Å². The number of fused-ring (bicyclic) bond motifs is 4. The van der Waals surface area contributed by atoms with Crippen LogP contribution in [-0.2, 0) is 31.3 Å². The molecule has 3 heterocycles. The van der Waals surface area contributed by atoms with Crippen LogP contribution in [0, 0.1) is 17.3 Å². The molecule has 2 aromatic heterocycles. The van der Waals surface area contributed by atoms with E-state index < -0.39 is 0 Å². The summed E-state index contributed by atoms with van der Waals surface area (Å²) in [6.45, 7) is 14.0. The zero-order chi connectivity index (χ0) is 28.5. The van der Waals surface area contributed by atoms with Crippen molar-refractivity contribution in [2.45, 2.75) is 54.9 Å². The molecular weight excluding hydrogens is 695 g/mol. The number of allylic oxidation sites excluding steroid dienone is 2. The molecule has 0 unspecified atom stereocenters. The average molecular weight is 734 g/mol. The molecule has 1 aliphatic heterocycles. The van der Waals surface area contributed by atoms with Crippen molar-refractivity contribution in [2.24, 2.45) is 17.3 Å². The second-order valence-corrected chi connectivity index (χ2v) is 13.0. The van der Waals surface area contributed by atoms with E-state index in [9.17, 15) is 9.90 Å². The Kier molecular flexibility index (Phi) is 10.2. The molecule has 5 rings (SSSR count). The third-order valence-corrected chi connectivity index (χ3v) is 7.83. The molecule has 6 nitrogen and oxygen atoms in total. The van der Waals surface area contributed by atoms with Crippen molar-refractivity contribution in [1.29, 1.82) is 0 Å². The van der Waals surface area contributed by atoms with Gasteiger partial charge in [0.25, 0.3) is 0 Å². The number of nitrogens with zero attached hydrogens (tertiary/aromatic N) is 4. The van der Waals surface area contributed by atoms with E-state index in [-0.39, 0.29) is 55.9 Å². The molecule has 0 spiro atoms. The number of carbonyl (C=O) groups is 1. The van der Waals surface area contributed by atoms with Crippen LogP contribution in [0.1, 0.15) is 54.0 Å². The molecule has 40 heavy (non-hydrogen) atoms. The van der Waals surface area contributed by atoms with Gasteiger partial charge in [0.15, 0.2) is 5.78 Å². The summed E-state index contributed by atoms with van der Waals surface area (Å²) >= 11 is 1.78. The first-order chi connectivity index (χ1) is 18.4.